The van der Waals surface area contributed by atoms with Gasteiger partial charge in [-0.05, 0) is 50.2 Å². The Morgan fingerprint density at radius 2 is 1.58 bits per heavy atom. The van der Waals surface area contributed by atoms with Gasteiger partial charge in [-0.2, -0.15) is 0 Å². The van der Waals surface area contributed by atoms with Gasteiger partial charge in [-0.25, -0.2) is 4.98 Å². The molecule has 1 aromatic heterocycles. The fourth-order valence-electron chi connectivity index (χ4n) is 3.63. The first-order valence-electron chi connectivity index (χ1n) is 10.6. The van der Waals surface area contributed by atoms with E-state index in [1.54, 1.807) is 0 Å². The Kier molecular flexibility index (Phi) is 6.40. The van der Waals surface area contributed by atoms with Crippen LogP contribution in [0.4, 0.5) is 5.95 Å². The highest BCUT2D eigenvalue weighted by Gasteiger charge is 2.24. The van der Waals surface area contributed by atoms with Crippen LogP contribution in [-0.4, -0.2) is 59.8 Å². The highest BCUT2D eigenvalue weighted by molar-refractivity contribution is 5.78. The molecule has 0 spiro atoms. The zero-order chi connectivity index (χ0) is 21.6. The van der Waals surface area contributed by atoms with E-state index in [9.17, 15) is 4.79 Å². The summed E-state index contributed by atoms with van der Waals surface area (Å²) in [5.41, 5.74) is 2.31. The van der Waals surface area contributed by atoms with Crippen molar-refractivity contribution < 1.29 is 14.3 Å². The van der Waals surface area contributed by atoms with E-state index >= 15 is 0 Å². The second-order valence-electron chi connectivity index (χ2n) is 7.49. The van der Waals surface area contributed by atoms with Gasteiger partial charge < -0.3 is 19.3 Å². The number of amides is 1. The van der Waals surface area contributed by atoms with Gasteiger partial charge >= 0.3 is 0 Å². The predicted octanol–water partition coefficient (Wildman–Crippen LogP) is 3.31. The van der Waals surface area contributed by atoms with Gasteiger partial charge in [-0.1, -0.05) is 17.7 Å². The van der Waals surface area contributed by atoms with E-state index in [1.165, 1.54) is 5.56 Å². The summed E-state index contributed by atoms with van der Waals surface area (Å²) in [7, 11) is 0. The van der Waals surface area contributed by atoms with Crippen LogP contribution in [0.5, 0.6) is 11.5 Å². The number of aromatic nitrogens is 2. The lowest BCUT2D eigenvalue weighted by atomic mass is 10.2. The highest BCUT2D eigenvalue weighted by atomic mass is 16.5. The van der Waals surface area contributed by atoms with Crippen molar-refractivity contribution >= 4 is 11.9 Å². The third-order valence-corrected chi connectivity index (χ3v) is 5.35. The average molecular weight is 421 g/mol. The Morgan fingerprint density at radius 3 is 2.23 bits per heavy atom. The number of aryl methyl sites for hydroxylation is 1. The van der Waals surface area contributed by atoms with Gasteiger partial charge in [0.05, 0.1) is 6.61 Å². The third kappa shape index (κ3) is 4.99. The molecule has 1 fully saturated rings. The number of ether oxygens (including phenoxy) is 2. The zero-order valence-corrected chi connectivity index (χ0v) is 18.0. The number of carbonyl (C=O) groups is 1. The average Bonchev–Trinajstić information content (AvgIpc) is 3.29. The first kappa shape index (κ1) is 20.8. The van der Waals surface area contributed by atoms with Crippen LogP contribution in [-0.2, 0) is 4.79 Å². The van der Waals surface area contributed by atoms with Crippen molar-refractivity contribution in [1.29, 1.82) is 0 Å². The summed E-state index contributed by atoms with van der Waals surface area (Å²) in [4.78, 5) is 21.2. The SMILES string of the molecule is CCOc1ccc(OCC(=O)N2CCN(c3nccn3-c3ccc(C)cc3)CC2)cc1. The van der Waals surface area contributed by atoms with Crippen LogP contribution in [0.1, 0.15) is 12.5 Å². The number of benzene rings is 2. The number of hydrogen-bond acceptors (Lipinski definition) is 5. The van der Waals surface area contributed by atoms with Crippen LogP contribution in [0.15, 0.2) is 60.9 Å². The summed E-state index contributed by atoms with van der Waals surface area (Å²) in [6, 6.07) is 15.7. The molecule has 0 unspecified atom stereocenters. The predicted molar refractivity (Wildman–Crippen MR) is 120 cm³/mol. The first-order valence-corrected chi connectivity index (χ1v) is 10.6. The molecule has 0 atom stereocenters. The van der Waals surface area contributed by atoms with Crippen molar-refractivity contribution in [1.82, 2.24) is 14.5 Å². The smallest absolute Gasteiger partial charge is 0.260 e. The Labute approximate surface area is 182 Å². The van der Waals surface area contributed by atoms with Crippen LogP contribution in [0.2, 0.25) is 0 Å². The summed E-state index contributed by atoms with van der Waals surface area (Å²) >= 11 is 0. The summed E-state index contributed by atoms with van der Waals surface area (Å²) in [6.45, 7) is 7.43. The summed E-state index contributed by atoms with van der Waals surface area (Å²) in [6.07, 6.45) is 3.79. The summed E-state index contributed by atoms with van der Waals surface area (Å²) in [5.74, 6) is 2.36. The molecule has 4 rings (SSSR count). The molecule has 7 nitrogen and oxygen atoms in total. The number of piperazine rings is 1. The standard InChI is InChI=1S/C24H28N4O3/c1-3-30-21-8-10-22(11-9-21)31-18-23(29)26-14-16-27(17-15-26)24-25-12-13-28(24)20-6-4-19(2)5-7-20/h4-13H,3,14-18H2,1-2H3. The number of nitrogens with zero attached hydrogens (tertiary/aromatic N) is 4. The van der Waals surface area contributed by atoms with Gasteiger partial charge in [-0.15, -0.1) is 0 Å². The monoisotopic (exact) mass is 420 g/mol. The van der Waals surface area contributed by atoms with E-state index < -0.39 is 0 Å². The molecule has 0 aliphatic carbocycles. The molecule has 162 valence electrons. The minimum Gasteiger partial charge on any atom is -0.494 e. The van der Waals surface area contributed by atoms with E-state index in [1.807, 2.05) is 48.5 Å². The highest BCUT2D eigenvalue weighted by Crippen LogP contribution is 2.21. The van der Waals surface area contributed by atoms with Crippen molar-refractivity contribution in [3.8, 4) is 17.2 Å². The Bertz CT molecular complexity index is 990. The second kappa shape index (κ2) is 9.55. The van der Waals surface area contributed by atoms with Crippen LogP contribution in [0, 0.1) is 6.92 Å². The largest absolute Gasteiger partial charge is 0.494 e. The number of rotatable bonds is 7. The first-order chi connectivity index (χ1) is 15.1. The van der Waals surface area contributed by atoms with Gasteiger partial charge in [0.25, 0.3) is 5.91 Å². The summed E-state index contributed by atoms with van der Waals surface area (Å²) in [5, 5.41) is 0. The normalized spacial score (nSPS) is 13.9. The molecule has 0 bridgehead atoms. The van der Waals surface area contributed by atoms with E-state index in [2.05, 4.69) is 45.6 Å². The number of carbonyl (C=O) groups excluding carboxylic acids is 1. The van der Waals surface area contributed by atoms with Gasteiger partial charge in [0.2, 0.25) is 5.95 Å². The Balaban J connectivity index is 1.30. The van der Waals surface area contributed by atoms with E-state index in [0.717, 1.165) is 30.5 Å². The molecule has 0 radical (unpaired) electrons. The maximum absolute atomic E-state index is 12.6. The molecule has 0 saturated carbocycles. The maximum atomic E-state index is 12.6. The molecule has 2 aromatic carbocycles. The lowest BCUT2D eigenvalue weighted by molar-refractivity contribution is -0.133. The maximum Gasteiger partial charge on any atom is 0.260 e. The zero-order valence-electron chi connectivity index (χ0n) is 18.0. The van der Waals surface area contributed by atoms with Gasteiger partial charge in [-0.3, -0.25) is 9.36 Å². The Morgan fingerprint density at radius 1 is 0.935 bits per heavy atom. The number of imidazole rings is 1. The quantitative estimate of drug-likeness (QED) is 0.587. The van der Waals surface area contributed by atoms with Gasteiger partial charge in [0.1, 0.15) is 11.5 Å². The molecule has 0 N–H and O–H groups in total. The summed E-state index contributed by atoms with van der Waals surface area (Å²) < 4.78 is 13.2. The molecular weight excluding hydrogens is 392 g/mol. The Hall–Kier alpha value is -3.48. The van der Waals surface area contributed by atoms with Gasteiger partial charge in [0, 0.05) is 44.3 Å². The minimum atomic E-state index is -0.00425. The molecule has 1 amide bonds. The fraction of sp³-hybridized carbons (Fsp3) is 0.333. The lowest BCUT2D eigenvalue weighted by Gasteiger charge is -2.35. The van der Waals surface area contributed by atoms with E-state index in [-0.39, 0.29) is 12.5 Å². The molecule has 3 aromatic rings. The van der Waals surface area contributed by atoms with Crippen molar-refractivity contribution in [3.63, 3.8) is 0 Å². The second-order valence-corrected chi connectivity index (χ2v) is 7.49. The molecule has 7 heteroatoms. The van der Waals surface area contributed by atoms with E-state index in [0.29, 0.717) is 25.4 Å². The number of anilines is 1. The molecule has 1 aliphatic rings. The van der Waals surface area contributed by atoms with Crippen molar-refractivity contribution in [2.45, 2.75) is 13.8 Å². The lowest BCUT2D eigenvalue weighted by Crippen LogP contribution is -2.50. The van der Waals surface area contributed by atoms with Crippen LogP contribution in [0.3, 0.4) is 0 Å². The molecule has 31 heavy (non-hydrogen) atoms. The molecule has 1 aliphatic heterocycles. The molecular formula is C24H28N4O3. The van der Waals surface area contributed by atoms with Crippen LogP contribution < -0.4 is 14.4 Å². The number of hydrogen-bond donors (Lipinski definition) is 0. The van der Waals surface area contributed by atoms with Crippen molar-refractivity contribution in [2.75, 3.05) is 44.3 Å². The van der Waals surface area contributed by atoms with Crippen LogP contribution >= 0.6 is 0 Å². The fourth-order valence-corrected chi connectivity index (χ4v) is 3.63. The molecule has 1 saturated heterocycles. The van der Waals surface area contributed by atoms with Crippen molar-refractivity contribution in [3.05, 3.63) is 66.5 Å². The van der Waals surface area contributed by atoms with Crippen molar-refractivity contribution in [2.24, 2.45) is 0 Å². The van der Waals surface area contributed by atoms with Gasteiger partial charge in [0.15, 0.2) is 6.61 Å². The van der Waals surface area contributed by atoms with E-state index in [4.69, 9.17) is 9.47 Å². The topological polar surface area (TPSA) is 59.8 Å². The molecule has 2 heterocycles. The minimum absolute atomic E-state index is 0.00425. The third-order valence-electron chi connectivity index (χ3n) is 5.35. The van der Waals surface area contributed by atoms with Crippen LogP contribution in [0.25, 0.3) is 5.69 Å².